The summed E-state index contributed by atoms with van der Waals surface area (Å²) in [4.78, 5) is 12.9. The zero-order valence-corrected chi connectivity index (χ0v) is 14.1. The molecule has 1 unspecified atom stereocenters. The van der Waals surface area contributed by atoms with Crippen molar-refractivity contribution in [3.63, 3.8) is 0 Å². The Balaban J connectivity index is 2.51. The summed E-state index contributed by atoms with van der Waals surface area (Å²) in [7, 11) is -0.390. The average Bonchev–Trinajstić information content (AvgIpc) is 2.52. The Labute approximate surface area is 132 Å². The van der Waals surface area contributed by atoms with Gasteiger partial charge in [0.1, 0.15) is 0 Å². The SMILES string of the molecule is Cc1ccc(C(=O)c2ccccc2C(C)OP=O)c(C)c1C. The van der Waals surface area contributed by atoms with Gasteiger partial charge in [0.05, 0.1) is 6.10 Å². The highest BCUT2D eigenvalue weighted by Gasteiger charge is 2.20. The molecule has 3 nitrogen and oxygen atoms in total. The molecule has 0 amide bonds. The van der Waals surface area contributed by atoms with E-state index in [0.717, 1.165) is 16.7 Å². The van der Waals surface area contributed by atoms with Crippen LogP contribution in [0.15, 0.2) is 36.4 Å². The van der Waals surface area contributed by atoms with Crippen LogP contribution in [0.25, 0.3) is 0 Å². The maximum Gasteiger partial charge on any atom is 0.327 e. The first kappa shape index (κ1) is 16.5. The van der Waals surface area contributed by atoms with Gasteiger partial charge in [-0.05, 0) is 49.9 Å². The van der Waals surface area contributed by atoms with Crippen molar-refractivity contribution in [3.05, 3.63) is 69.8 Å². The van der Waals surface area contributed by atoms with Crippen molar-refractivity contribution >= 4 is 14.5 Å². The lowest BCUT2D eigenvalue weighted by atomic mass is 9.90. The van der Waals surface area contributed by atoms with Crippen LogP contribution in [0.4, 0.5) is 0 Å². The molecule has 0 aromatic heterocycles. The molecule has 2 aromatic rings. The first-order valence-corrected chi connectivity index (χ1v) is 7.89. The number of ketones is 1. The van der Waals surface area contributed by atoms with Gasteiger partial charge in [0.15, 0.2) is 5.78 Å². The van der Waals surface area contributed by atoms with Crippen LogP contribution in [0.3, 0.4) is 0 Å². The highest BCUT2D eigenvalue weighted by Crippen LogP contribution is 2.28. The van der Waals surface area contributed by atoms with E-state index in [2.05, 4.69) is 0 Å². The minimum Gasteiger partial charge on any atom is -0.289 e. The van der Waals surface area contributed by atoms with E-state index in [4.69, 9.17) is 4.52 Å². The number of carbonyl (C=O) groups excluding carboxylic acids is 1. The fourth-order valence-electron chi connectivity index (χ4n) is 2.53. The van der Waals surface area contributed by atoms with Crippen molar-refractivity contribution in [3.8, 4) is 0 Å². The third-order valence-corrected chi connectivity index (χ3v) is 4.55. The van der Waals surface area contributed by atoms with E-state index in [1.165, 1.54) is 5.56 Å². The zero-order valence-electron chi connectivity index (χ0n) is 13.2. The van der Waals surface area contributed by atoms with Gasteiger partial charge in [0, 0.05) is 11.1 Å². The topological polar surface area (TPSA) is 43.4 Å². The number of carbonyl (C=O) groups is 1. The highest BCUT2D eigenvalue weighted by atomic mass is 31.1. The van der Waals surface area contributed by atoms with Crippen molar-refractivity contribution in [2.24, 2.45) is 0 Å². The Bertz CT molecular complexity index is 722. The lowest BCUT2D eigenvalue weighted by Gasteiger charge is -2.15. The summed E-state index contributed by atoms with van der Waals surface area (Å²) < 4.78 is 15.8. The van der Waals surface area contributed by atoms with Crippen LogP contribution < -0.4 is 0 Å². The Kier molecular flexibility index (Phi) is 5.23. The lowest BCUT2D eigenvalue weighted by Crippen LogP contribution is -2.10. The first-order chi connectivity index (χ1) is 10.5. The van der Waals surface area contributed by atoms with E-state index in [1.54, 1.807) is 13.0 Å². The molecule has 0 aliphatic heterocycles. The Hall–Kier alpha value is -1.83. The van der Waals surface area contributed by atoms with Crippen molar-refractivity contribution in [2.75, 3.05) is 0 Å². The summed E-state index contributed by atoms with van der Waals surface area (Å²) in [5.41, 5.74) is 5.33. The van der Waals surface area contributed by atoms with Crippen molar-refractivity contribution in [2.45, 2.75) is 33.8 Å². The smallest absolute Gasteiger partial charge is 0.289 e. The molecule has 114 valence electrons. The molecular weight excluding hydrogens is 295 g/mol. The lowest BCUT2D eigenvalue weighted by molar-refractivity contribution is 0.103. The van der Waals surface area contributed by atoms with Gasteiger partial charge < -0.3 is 0 Å². The molecule has 0 bridgehead atoms. The predicted molar refractivity (Wildman–Crippen MR) is 87.6 cm³/mol. The van der Waals surface area contributed by atoms with Crippen molar-refractivity contribution in [1.29, 1.82) is 0 Å². The van der Waals surface area contributed by atoms with Crippen LogP contribution in [0.5, 0.6) is 0 Å². The van der Waals surface area contributed by atoms with E-state index in [1.807, 2.05) is 51.1 Å². The van der Waals surface area contributed by atoms with Gasteiger partial charge in [-0.1, -0.05) is 36.4 Å². The second-order valence-corrected chi connectivity index (χ2v) is 5.78. The Morgan fingerprint density at radius 3 is 2.36 bits per heavy atom. The van der Waals surface area contributed by atoms with Crippen molar-refractivity contribution < 1.29 is 13.9 Å². The third kappa shape index (κ3) is 3.16. The summed E-state index contributed by atoms with van der Waals surface area (Å²) in [5, 5.41) is 0. The quantitative estimate of drug-likeness (QED) is 0.568. The standard InChI is InChI=1S/C18H19O3P/c1-11-9-10-15(13(3)12(11)2)18(19)17-8-6-5-7-16(17)14(4)21-22-20/h5-10,14H,1-4H3. The fraction of sp³-hybridized carbons (Fsp3) is 0.278. The van der Waals surface area contributed by atoms with Gasteiger partial charge in [0.25, 0.3) is 0 Å². The zero-order chi connectivity index (χ0) is 16.3. The van der Waals surface area contributed by atoms with E-state index < -0.39 is 14.8 Å². The molecule has 22 heavy (non-hydrogen) atoms. The molecule has 0 aliphatic rings. The second kappa shape index (κ2) is 6.95. The van der Waals surface area contributed by atoms with Gasteiger partial charge in [-0.2, -0.15) is 0 Å². The van der Waals surface area contributed by atoms with Crippen molar-refractivity contribution in [1.82, 2.24) is 0 Å². The number of rotatable bonds is 5. The van der Waals surface area contributed by atoms with Crippen LogP contribution >= 0.6 is 8.69 Å². The minimum atomic E-state index is -0.411. The molecule has 0 fully saturated rings. The largest absolute Gasteiger partial charge is 0.327 e. The molecule has 0 N–H and O–H groups in total. The molecule has 0 saturated carbocycles. The molecule has 0 heterocycles. The van der Waals surface area contributed by atoms with Gasteiger partial charge >= 0.3 is 8.69 Å². The van der Waals surface area contributed by atoms with Crippen LogP contribution in [-0.2, 0) is 9.09 Å². The van der Waals surface area contributed by atoms with Gasteiger partial charge in [-0.3, -0.25) is 9.32 Å². The molecule has 0 saturated heterocycles. The summed E-state index contributed by atoms with van der Waals surface area (Å²) >= 11 is 0. The normalized spacial score (nSPS) is 12.4. The molecule has 0 radical (unpaired) electrons. The second-order valence-electron chi connectivity index (χ2n) is 5.42. The Morgan fingerprint density at radius 1 is 1.00 bits per heavy atom. The summed E-state index contributed by atoms with van der Waals surface area (Å²) in [6.45, 7) is 7.81. The van der Waals surface area contributed by atoms with Gasteiger partial charge in [0.2, 0.25) is 0 Å². The number of hydrogen-bond acceptors (Lipinski definition) is 3. The van der Waals surface area contributed by atoms with Gasteiger partial charge in [-0.15, -0.1) is 0 Å². The monoisotopic (exact) mass is 314 g/mol. The number of aryl methyl sites for hydroxylation is 1. The molecular formula is C18H19O3P. The molecule has 4 heteroatoms. The molecule has 1 atom stereocenters. The number of benzene rings is 2. The predicted octanol–water partition coefficient (Wildman–Crippen LogP) is 5.13. The van der Waals surface area contributed by atoms with E-state index in [-0.39, 0.29) is 5.78 Å². The molecule has 2 rings (SSSR count). The summed E-state index contributed by atoms with van der Waals surface area (Å²) in [5.74, 6) is -0.0331. The first-order valence-electron chi connectivity index (χ1n) is 7.16. The average molecular weight is 314 g/mol. The fourth-order valence-corrected chi connectivity index (χ4v) is 2.77. The molecule has 2 aromatic carbocycles. The van der Waals surface area contributed by atoms with E-state index >= 15 is 0 Å². The maximum atomic E-state index is 12.9. The molecule has 0 spiro atoms. The third-order valence-electron chi connectivity index (χ3n) is 4.15. The van der Waals surface area contributed by atoms with E-state index in [0.29, 0.717) is 11.1 Å². The number of hydrogen-bond donors (Lipinski definition) is 0. The van der Waals surface area contributed by atoms with Crippen LogP contribution in [0.1, 0.15) is 51.2 Å². The Morgan fingerprint density at radius 2 is 1.68 bits per heavy atom. The van der Waals surface area contributed by atoms with Crippen LogP contribution in [-0.4, -0.2) is 5.78 Å². The summed E-state index contributed by atoms with van der Waals surface area (Å²) in [6, 6.07) is 11.1. The van der Waals surface area contributed by atoms with Gasteiger partial charge in [-0.25, -0.2) is 4.57 Å². The molecule has 0 aliphatic carbocycles. The maximum absolute atomic E-state index is 12.9. The van der Waals surface area contributed by atoms with Crippen LogP contribution in [0, 0.1) is 20.8 Å². The van der Waals surface area contributed by atoms with Crippen LogP contribution in [0.2, 0.25) is 0 Å². The highest BCUT2D eigenvalue weighted by molar-refractivity contribution is 7.17. The summed E-state index contributed by atoms with van der Waals surface area (Å²) in [6.07, 6.45) is -0.411. The van der Waals surface area contributed by atoms with E-state index in [9.17, 15) is 9.36 Å². The minimum absolute atomic E-state index is 0.0331.